The molecule has 1 saturated heterocycles. The van der Waals surface area contributed by atoms with Gasteiger partial charge in [0.05, 0.1) is 23.2 Å². The summed E-state index contributed by atoms with van der Waals surface area (Å²) in [5.41, 5.74) is 0.261. The summed E-state index contributed by atoms with van der Waals surface area (Å²) in [5.74, 6) is -0.333. The van der Waals surface area contributed by atoms with Crippen LogP contribution in [-0.4, -0.2) is 27.9 Å². The smallest absolute Gasteiger partial charge is 0.399 e. The van der Waals surface area contributed by atoms with Gasteiger partial charge in [-0.3, -0.25) is 0 Å². The first kappa shape index (κ1) is 14.3. The van der Waals surface area contributed by atoms with E-state index in [9.17, 15) is 4.39 Å². The van der Waals surface area contributed by atoms with Crippen LogP contribution in [-0.2, 0) is 9.31 Å². The Bertz CT molecular complexity index is 640. The minimum absolute atomic E-state index is 0.333. The molecular formula is C15H18BFN2O2. The molecule has 1 aromatic carbocycles. The van der Waals surface area contributed by atoms with E-state index in [1.807, 2.05) is 33.8 Å². The lowest BCUT2D eigenvalue weighted by atomic mass is 9.79. The van der Waals surface area contributed by atoms with Gasteiger partial charge < -0.3 is 13.9 Å². The van der Waals surface area contributed by atoms with Crippen molar-refractivity contribution in [1.29, 1.82) is 0 Å². The molecule has 6 heteroatoms. The summed E-state index contributed by atoms with van der Waals surface area (Å²) in [4.78, 5) is 3.92. The lowest BCUT2D eigenvalue weighted by Gasteiger charge is -2.32. The normalized spacial score (nSPS) is 20.0. The van der Waals surface area contributed by atoms with Crippen molar-refractivity contribution in [3.63, 3.8) is 0 Å². The van der Waals surface area contributed by atoms with Gasteiger partial charge in [0, 0.05) is 12.4 Å². The fourth-order valence-corrected chi connectivity index (χ4v) is 2.26. The molecule has 0 radical (unpaired) electrons. The van der Waals surface area contributed by atoms with Crippen LogP contribution in [0.4, 0.5) is 4.39 Å². The molecule has 4 nitrogen and oxygen atoms in total. The summed E-state index contributed by atoms with van der Waals surface area (Å²) >= 11 is 0. The van der Waals surface area contributed by atoms with Crippen LogP contribution in [0.15, 0.2) is 36.9 Å². The van der Waals surface area contributed by atoms with E-state index in [4.69, 9.17) is 9.31 Å². The monoisotopic (exact) mass is 288 g/mol. The highest BCUT2D eigenvalue weighted by Gasteiger charge is 2.51. The maximum atomic E-state index is 14.3. The zero-order valence-corrected chi connectivity index (χ0v) is 12.6. The summed E-state index contributed by atoms with van der Waals surface area (Å²) in [6, 6.07) is 4.98. The fourth-order valence-electron chi connectivity index (χ4n) is 2.26. The maximum Gasteiger partial charge on any atom is 0.494 e. The Balaban J connectivity index is 1.90. The van der Waals surface area contributed by atoms with Gasteiger partial charge >= 0.3 is 7.12 Å². The minimum Gasteiger partial charge on any atom is -0.399 e. The zero-order valence-electron chi connectivity index (χ0n) is 12.6. The van der Waals surface area contributed by atoms with Crippen LogP contribution in [0.3, 0.4) is 0 Å². The van der Waals surface area contributed by atoms with Gasteiger partial charge in [-0.2, -0.15) is 0 Å². The highest BCUT2D eigenvalue weighted by atomic mass is 19.1. The molecule has 2 heterocycles. The van der Waals surface area contributed by atoms with Crippen LogP contribution in [0.1, 0.15) is 27.7 Å². The van der Waals surface area contributed by atoms with E-state index in [0.717, 1.165) is 0 Å². The Morgan fingerprint density at radius 1 is 1.14 bits per heavy atom. The molecule has 0 bridgehead atoms. The van der Waals surface area contributed by atoms with Crippen molar-refractivity contribution in [2.45, 2.75) is 38.9 Å². The first-order chi connectivity index (χ1) is 9.80. The predicted molar refractivity (Wildman–Crippen MR) is 79.2 cm³/mol. The molecule has 0 atom stereocenters. The molecule has 0 spiro atoms. The largest absolute Gasteiger partial charge is 0.494 e. The third-order valence-corrected chi connectivity index (χ3v) is 4.28. The van der Waals surface area contributed by atoms with Crippen LogP contribution in [0.2, 0.25) is 0 Å². The molecule has 0 aliphatic carbocycles. The van der Waals surface area contributed by atoms with Crippen LogP contribution in [0, 0.1) is 5.82 Å². The van der Waals surface area contributed by atoms with E-state index in [1.54, 1.807) is 29.4 Å². The molecule has 3 rings (SSSR count). The Hall–Kier alpha value is -1.66. The Morgan fingerprint density at radius 2 is 1.81 bits per heavy atom. The van der Waals surface area contributed by atoms with E-state index in [2.05, 4.69) is 4.98 Å². The van der Waals surface area contributed by atoms with Crippen LogP contribution < -0.4 is 5.46 Å². The second kappa shape index (κ2) is 4.68. The first-order valence-electron chi connectivity index (χ1n) is 6.94. The van der Waals surface area contributed by atoms with Gasteiger partial charge in [-0.1, -0.05) is 6.07 Å². The molecule has 0 unspecified atom stereocenters. The van der Waals surface area contributed by atoms with Crippen molar-refractivity contribution in [2.75, 3.05) is 0 Å². The van der Waals surface area contributed by atoms with Crippen LogP contribution in [0.25, 0.3) is 5.69 Å². The highest BCUT2D eigenvalue weighted by molar-refractivity contribution is 6.62. The second-order valence-electron chi connectivity index (χ2n) is 6.27. The molecule has 1 aliphatic heterocycles. The minimum atomic E-state index is -0.554. The number of aromatic nitrogens is 2. The number of hydrogen-bond donors (Lipinski definition) is 0. The van der Waals surface area contributed by atoms with E-state index < -0.39 is 18.3 Å². The molecule has 0 N–H and O–H groups in total. The summed E-state index contributed by atoms with van der Waals surface area (Å²) in [7, 11) is -0.554. The second-order valence-corrected chi connectivity index (χ2v) is 6.27. The van der Waals surface area contributed by atoms with Gasteiger partial charge in [-0.25, -0.2) is 9.37 Å². The number of hydrogen-bond acceptors (Lipinski definition) is 3. The van der Waals surface area contributed by atoms with Gasteiger partial charge in [0.1, 0.15) is 5.82 Å². The third kappa shape index (κ3) is 2.38. The summed E-state index contributed by atoms with van der Waals surface area (Å²) in [6.45, 7) is 7.90. The number of nitrogens with zero attached hydrogens (tertiary/aromatic N) is 2. The molecular weight excluding hydrogens is 270 g/mol. The topological polar surface area (TPSA) is 36.3 Å². The maximum absolute atomic E-state index is 14.3. The number of benzene rings is 1. The molecule has 21 heavy (non-hydrogen) atoms. The molecule has 0 amide bonds. The molecule has 1 aliphatic rings. The standard InChI is InChI=1S/C15H18BFN2O2/c1-14(2)15(3,4)21-16(20-14)11-5-6-13(12(17)9-11)19-8-7-18-10-19/h5-10H,1-4H3. The van der Waals surface area contributed by atoms with Crippen LogP contribution >= 0.6 is 0 Å². The van der Waals surface area contributed by atoms with E-state index >= 15 is 0 Å². The van der Waals surface area contributed by atoms with Crippen molar-refractivity contribution in [3.8, 4) is 5.69 Å². The molecule has 110 valence electrons. The van der Waals surface area contributed by atoms with Gasteiger partial charge in [-0.05, 0) is 45.3 Å². The zero-order chi connectivity index (χ0) is 15.3. The molecule has 1 fully saturated rings. The number of halogens is 1. The molecule has 0 saturated carbocycles. The Morgan fingerprint density at radius 3 is 2.33 bits per heavy atom. The summed E-state index contributed by atoms with van der Waals surface area (Å²) < 4.78 is 27.8. The molecule has 1 aromatic heterocycles. The van der Waals surface area contributed by atoms with Crippen molar-refractivity contribution in [3.05, 3.63) is 42.7 Å². The molecule has 2 aromatic rings. The van der Waals surface area contributed by atoms with Gasteiger partial charge in [0.2, 0.25) is 0 Å². The highest BCUT2D eigenvalue weighted by Crippen LogP contribution is 2.36. The van der Waals surface area contributed by atoms with E-state index in [1.165, 1.54) is 6.07 Å². The predicted octanol–water partition coefficient (Wildman–Crippen LogP) is 2.31. The quantitative estimate of drug-likeness (QED) is 0.796. The third-order valence-electron chi connectivity index (χ3n) is 4.28. The van der Waals surface area contributed by atoms with Crippen molar-refractivity contribution in [2.24, 2.45) is 0 Å². The first-order valence-corrected chi connectivity index (χ1v) is 6.94. The average molecular weight is 288 g/mol. The SMILES string of the molecule is CC1(C)OB(c2ccc(-n3ccnc3)c(F)c2)OC1(C)C. The number of imidazole rings is 1. The number of rotatable bonds is 2. The fraction of sp³-hybridized carbons (Fsp3) is 0.400. The summed E-state index contributed by atoms with van der Waals surface area (Å²) in [5, 5.41) is 0. The van der Waals surface area contributed by atoms with Crippen molar-refractivity contribution < 1.29 is 13.7 Å². The van der Waals surface area contributed by atoms with Crippen LogP contribution in [0.5, 0.6) is 0 Å². The summed E-state index contributed by atoms with van der Waals surface area (Å²) in [6.07, 6.45) is 4.88. The van der Waals surface area contributed by atoms with Gasteiger partial charge in [0.15, 0.2) is 0 Å². The Kier molecular flexibility index (Phi) is 3.18. The van der Waals surface area contributed by atoms with Crippen molar-refractivity contribution >= 4 is 12.6 Å². The van der Waals surface area contributed by atoms with Gasteiger partial charge in [-0.15, -0.1) is 0 Å². The van der Waals surface area contributed by atoms with Crippen molar-refractivity contribution in [1.82, 2.24) is 9.55 Å². The van der Waals surface area contributed by atoms with E-state index in [-0.39, 0.29) is 5.82 Å². The Labute approximate surface area is 124 Å². The van der Waals surface area contributed by atoms with E-state index in [0.29, 0.717) is 11.2 Å². The lowest BCUT2D eigenvalue weighted by molar-refractivity contribution is 0.00578. The average Bonchev–Trinajstić information content (AvgIpc) is 2.96. The van der Waals surface area contributed by atoms with Gasteiger partial charge in [0.25, 0.3) is 0 Å². The lowest BCUT2D eigenvalue weighted by Crippen LogP contribution is -2.41.